The standard InChI is InChI=1S/C45H79O8P/c1-3-5-7-9-11-13-15-17-19-21-22-24-26-28-30-32-34-36-38-40-45(47)53-43(42-52-54(48,49)50)41-51-44(46)39-37-35-33-31-29-27-25-23-20-18-16-14-12-10-8-6-4-2/h11,13,17-20,25,27,31,33,43H,3-10,12,14-16,21-24,26,28-30,32,34-42H2,1-2H3,(H2,48,49,50)/b13-11-,19-17-,20-18-,27-25-,33-31-/t43-/m1/s1. The highest BCUT2D eigenvalue weighted by Crippen LogP contribution is 2.36. The molecule has 0 amide bonds. The van der Waals surface area contributed by atoms with Crippen LogP contribution in [-0.4, -0.2) is 41.0 Å². The van der Waals surface area contributed by atoms with Gasteiger partial charge in [0.05, 0.1) is 6.61 Å². The summed E-state index contributed by atoms with van der Waals surface area (Å²) in [5, 5.41) is 0. The summed E-state index contributed by atoms with van der Waals surface area (Å²) < 4.78 is 26.4. The molecule has 0 spiro atoms. The number of esters is 2. The lowest BCUT2D eigenvalue weighted by Gasteiger charge is -2.18. The second kappa shape index (κ2) is 40.4. The molecule has 0 bridgehead atoms. The molecule has 0 rings (SSSR count). The van der Waals surface area contributed by atoms with Gasteiger partial charge in [0.1, 0.15) is 6.61 Å². The number of ether oxygens (including phenoxy) is 2. The molecular formula is C45H79O8P. The lowest BCUT2D eigenvalue weighted by atomic mass is 10.1. The van der Waals surface area contributed by atoms with E-state index in [1.807, 2.05) is 6.08 Å². The van der Waals surface area contributed by atoms with Crippen molar-refractivity contribution in [1.82, 2.24) is 0 Å². The van der Waals surface area contributed by atoms with E-state index in [0.717, 1.165) is 57.8 Å². The SMILES string of the molecule is CCCCC/C=C\C/C=C\CCCCCCCCCCCC(=O)O[C@H](COC(=O)CCC/C=C\C/C=C\C/C=C\CCCCCCCC)COP(=O)(O)O. The van der Waals surface area contributed by atoms with Crippen LogP contribution in [0.2, 0.25) is 0 Å². The van der Waals surface area contributed by atoms with Crippen LogP contribution in [0.4, 0.5) is 0 Å². The number of allylic oxidation sites excluding steroid dienone is 10. The maximum atomic E-state index is 12.4. The van der Waals surface area contributed by atoms with E-state index in [-0.39, 0.29) is 19.4 Å². The van der Waals surface area contributed by atoms with E-state index in [0.29, 0.717) is 12.8 Å². The largest absolute Gasteiger partial charge is 0.469 e. The third kappa shape index (κ3) is 42.5. The Morgan fingerprint density at radius 1 is 0.481 bits per heavy atom. The van der Waals surface area contributed by atoms with Gasteiger partial charge in [-0.1, -0.05) is 164 Å². The maximum absolute atomic E-state index is 12.4. The van der Waals surface area contributed by atoms with Crippen molar-refractivity contribution < 1.29 is 37.9 Å². The van der Waals surface area contributed by atoms with Crippen molar-refractivity contribution in [2.24, 2.45) is 0 Å². The lowest BCUT2D eigenvalue weighted by Crippen LogP contribution is -2.29. The summed E-state index contributed by atoms with van der Waals surface area (Å²) in [6.45, 7) is 3.61. The van der Waals surface area contributed by atoms with E-state index in [9.17, 15) is 14.2 Å². The molecule has 312 valence electrons. The van der Waals surface area contributed by atoms with E-state index in [1.165, 1.54) is 96.3 Å². The van der Waals surface area contributed by atoms with Crippen LogP contribution < -0.4 is 0 Å². The Hall–Kier alpha value is -2.25. The Morgan fingerprint density at radius 3 is 1.33 bits per heavy atom. The van der Waals surface area contributed by atoms with Crippen molar-refractivity contribution in [3.8, 4) is 0 Å². The molecule has 0 unspecified atom stereocenters. The van der Waals surface area contributed by atoms with Crippen molar-refractivity contribution in [3.05, 3.63) is 60.8 Å². The van der Waals surface area contributed by atoms with Crippen LogP contribution in [0.15, 0.2) is 60.8 Å². The molecule has 2 N–H and O–H groups in total. The predicted octanol–water partition coefficient (Wildman–Crippen LogP) is 13.3. The fourth-order valence-electron chi connectivity index (χ4n) is 5.77. The number of phosphoric ester groups is 1. The Morgan fingerprint density at radius 2 is 0.852 bits per heavy atom. The van der Waals surface area contributed by atoms with E-state index >= 15 is 0 Å². The topological polar surface area (TPSA) is 119 Å². The van der Waals surface area contributed by atoms with Crippen molar-refractivity contribution in [1.29, 1.82) is 0 Å². The Labute approximate surface area is 330 Å². The fraction of sp³-hybridized carbons (Fsp3) is 0.733. The zero-order valence-electron chi connectivity index (χ0n) is 34.4. The monoisotopic (exact) mass is 779 g/mol. The second-order valence-corrected chi connectivity index (χ2v) is 15.5. The van der Waals surface area contributed by atoms with Gasteiger partial charge in [-0.05, 0) is 77.0 Å². The zero-order chi connectivity index (χ0) is 39.6. The number of hydrogen-bond donors (Lipinski definition) is 2. The summed E-state index contributed by atoms with van der Waals surface area (Å²) in [5.41, 5.74) is 0. The first kappa shape index (κ1) is 51.8. The van der Waals surface area contributed by atoms with Gasteiger partial charge < -0.3 is 19.3 Å². The molecule has 0 aliphatic heterocycles. The first-order chi connectivity index (χ1) is 26.3. The molecular weight excluding hydrogens is 699 g/mol. The van der Waals surface area contributed by atoms with Crippen LogP contribution in [0.1, 0.15) is 194 Å². The van der Waals surface area contributed by atoms with Gasteiger partial charge in [-0.15, -0.1) is 0 Å². The van der Waals surface area contributed by atoms with Crippen LogP contribution >= 0.6 is 7.82 Å². The van der Waals surface area contributed by atoms with Gasteiger partial charge >= 0.3 is 19.8 Å². The smallest absolute Gasteiger partial charge is 0.462 e. The average molecular weight is 779 g/mol. The third-order valence-electron chi connectivity index (χ3n) is 9.01. The van der Waals surface area contributed by atoms with Gasteiger partial charge in [-0.3, -0.25) is 14.1 Å². The van der Waals surface area contributed by atoms with Crippen molar-refractivity contribution in [2.45, 2.75) is 200 Å². The molecule has 0 aromatic heterocycles. The van der Waals surface area contributed by atoms with Crippen molar-refractivity contribution >= 4 is 19.8 Å². The number of hydrogen-bond acceptors (Lipinski definition) is 6. The first-order valence-electron chi connectivity index (χ1n) is 21.6. The van der Waals surface area contributed by atoms with Gasteiger partial charge in [-0.2, -0.15) is 0 Å². The minimum atomic E-state index is -4.77. The van der Waals surface area contributed by atoms with E-state index < -0.39 is 32.5 Å². The van der Waals surface area contributed by atoms with E-state index in [4.69, 9.17) is 19.3 Å². The van der Waals surface area contributed by atoms with Gasteiger partial charge in [0, 0.05) is 12.8 Å². The Balaban J connectivity index is 3.99. The number of phosphoric acid groups is 1. The highest BCUT2D eigenvalue weighted by molar-refractivity contribution is 7.46. The maximum Gasteiger partial charge on any atom is 0.469 e. The minimum Gasteiger partial charge on any atom is -0.462 e. The molecule has 0 aliphatic carbocycles. The van der Waals surface area contributed by atoms with Crippen LogP contribution in [0.25, 0.3) is 0 Å². The highest BCUT2D eigenvalue weighted by atomic mass is 31.2. The summed E-state index contributed by atoms with van der Waals surface area (Å²) in [7, 11) is -4.77. The molecule has 0 aromatic rings. The molecule has 1 atom stereocenters. The van der Waals surface area contributed by atoms with Gasteiger partial charge in [0.25, 0.3) is 0 Å². The van der Waals surface area contributed by atoms with Gasteiger partial charge in [0.2, 0.25) is 0 Å². The minimum absolute atomic E-state index is 0.193. The predicted molar refractivity (Wildman–Crippen MR) is 225 cm³/mol. The third-order valence-corrected chi connectivity index (χ3v) is 9.49. The summed E-state index contributed by atoms with van der Waals surface area (Å²) in [6.07, 6.45) is 50.9. The molecule has 0 aromatic carbocycles. The summed E-state index contributed by atoms with van der Waals surface area (Å²) in [6, 6.07) is 0. The average Bonchev–Trinajstić information content (AvgIpc) is 3.14. The number of carbonyl (C=O) groups is 2. The molecule has 54 heavy (non-hydrogen) atoms. The summed E-state index contributed by atoms with van der Waals surface area (Å²) >= 11 is 0. The molecule has 0 heterocycles. The second-order valence-electron chi connectivity index (χ2n) is 14.3. The van der Waals surface area contributed by atoms with Crippen LogP contribution in [-0.2, 0) is 28.2 Å². The Bertz CT molecular complexity index is 1060. The molecule has 0 radical (unpaired) electrons. The number of rotatable bonds is 39. The number of carbonyl (C=O) groups excluding carboxylic acids is 2. The number of unbranched alkanes of at least 4 members (excludes halogenated alkanes) is 19. The summed E-state index contributed by atoms with van der Waals surface area (Å²) in [4.78, 5) is 42.9. The molecule has 0 aliphatic rings. The van der Waals surface area contributed by atoms with Crippen LogP contribution in [0.5, 0.6) is 0 Å². The zero-order valence-corrected chi connectivity index (χ0v) is 35.2. The van der Waals surface area contributed by atoms with E-state index in [2.05, 4.69) is 73.1 Å². The van der Waals surface area contributed by atoms with Crippen molar-refractivity contribution in [3.63, 3.8) is 0 Å². The summed E-state index contributed by atoms with van der Waals surface area (Å²) in [5.74, 6) is -0.952. The lowest BCUT2D eigenvalue weighted by molar-refractivity contribution is -0.161. The van der Waals surface area contributed by atoms with Gasteiger partial charge in [0.15, 0.2) is 6.10 Å². The van der Waals surface area contributed by atoms with Crippen LogP contribution in [0.3, 0.4) is 0 Å². The molecule has 0 saturated heterocycles. The fourth-order valence-corrected chi connectivity index (χ4v) is 6.13. The normalized spacial score (nSPS) is 13.0. The molecule has 0 saturated carbocycles. The van der Waals surface area contributed by atoms with Crippen molar-refractivity contribution in [2.75, 3.05) is 13.2 Å². The molecule has 0 fully saturated rings. The highest BCUT2D eigenvalue weighted by Gasteiger charge is 2.22. The van der Waals surface area contributed by atoms with Gasteiger partial charge in [-0.25, -0.2) is 4.57 Å². The molecule has 9 heteroatoms. The van der Waals surface area contributed by atoms with Crippen LogP contribution in [0, 0.1) is 0 Å². The molecule has 8 nitrogen and oxygen atoms in total. The first-order valence-corrected chi connectivity index (χ1v) is 23.1. The van der Waals surface area contributed by atoms with E-state index in [1.54, 1.807) is 0 Å². The Kier molecular flexibility index (Phi) is 38.7. The quantitative estimate of drug-likeness (QED) is 0.0274.